The van der Waals surface area contributed by atoms with Gasteiger partial charge in [-0.25, -0.2) is 0 Å². The Balaban J connectivity index is 1.40. The third kappa shape index (κ3) is 3.59. The molecule has 1 aliphatic heterocycles. The lowest BCUT2D eigenvalue weighted by Crippen LogP contribution is -2.57. The molecule has 4 bridgehead atoms. The van der Waals surface area contributed by atoms with Gasteiger partial charge in [0.05, 0.1) is 5.41 Å². The number of nitrogens with zero attached hydrogens (tertiary/aromatic N) is 1. The van der Waals surface area contributed by atoms with Crippen molar-refractivity contribution in [2.24, 2.45) is 29.1 Å². The number of carbonyl (C=O) groups excluding carboxylic acids is 2. The number of aliphatic carboxylic acids is 1. The van der Waals surface area contributed by atoms with Gasteiger partial charge >= 0.3 is 5.97 Å². The molecule has 5 aliphatic rings. The van der Waals surface area contributed by atoms with E-state index in [2.05, 4.69) is 5.32 Å². The smallest absolute Gasteiger partial charge is 0.303 e. The Kier molecular flexibility index (Phi) is 4.93. The average Bonchev–Trinajstić information content (AvgIpc) is 3.06. The first kappa shape index (κ1) is 18.8. The van der Waals surface area contributed by atoms with Crippen molar-refractivity contribution in [2.75, 3.05) is 13.1 Å². The summed E-state index contributed by atoms with van der Waals surface area (Å²) in [5.41, 5.74) is -0.200. The summed E-state index contributed by atoms with van der Waals surface area (Å²) in [6.45, 7) is 2.85. The van der Waals surface area contributed by atoms with Gasteiger partial charge in [0.25, 0.3) is 0 Å². The minimum atomic E-state index is -0.851. The lowest BCUT2D eigenvalue weighted by molar-refractivity contribution is -0.160. The van der Waals surface area contributed by atoms with E-state index >= 15 is 0 Å². The second kappa shape index (κ2) is 7.10. The Labute approximate surface area is 161 Å². The molecule has 4 saturated carbocycles. The first-order valence-corrected chi connectivity index (χ1v) is 10.7. The highest BCUT2D eigenvalue weighted by atomic mass is 16.4. The molecule has 2 amide bonds. The number of carboxylic acids is 1. The van der Waals surface area contributed by atoms with Crippen molar-refractivity contribution >= 4 is 17.8 Å². The first-order chi connectivity index (χ1) is 12.9. The van der Waals surface area contributed by atoms with Crippen molar-refractivity contribution in [3.63, 3.8) is 0 Å². The van der Waals surface area contributed by atoms with Crippen LogP contribution < -0.4 is 5.32 Å². The van der Waals surface area contributed by atoms with E-state index in [1.54, 1.807) is 0 Å². The van der Waals surface area contributed by atoms with E-state index in [4.69, 9.17) is 5.11 Å². The van der Waals surface area contributed by atoms with Crippen LogP contribution in [0.3, 0.4) is 0 Å². The van der Waals surface area contributed by atoms with Crippen LogP contribution >= 0.6 is 0 Å². The van der Waals surface area contributed by atoms with E-state index in [1.807, 2.05) is 11.8 Å². The van der Waals surface area contributed by atoms with Gasteiger partial charge in [-0.1, -0.05) is 6.92 Å². The van der Waals surface area contributed by atoms with Gasteiger partial charge in [-0.2, -0.15) is 0 Å². The summed E-state index contributed by atoms with van der Waals surface area (Å²) in [5, 5.41) is 11.8. The summed E-state index contributed by atoms with van der Waals surface area (Å²) in [7, 11) is 0. The molecule has 1 saturated heterocycles. The Hall–Kier alpha value is -1.59. The topological polar surface area (TPSA) is 86.7 Å². The van der Waals surface area contributed by atoms with Crippen molar-refractivity contribution in [3.8, 4) is 0 Å². The second-order valence-electron chi connectivity index (χ2n) is 9.80. The van der Waals surface area contributed by atoms with Gasteiger partial charge in [-0.05, 0) is 75.0 Å². The maximum Gasteiger partial charge on any atom is 0.303 e. The Bertz CT molecular complexity index is 596. The summed E-state index contributed by atoms with van der Waals surface area (Å²) in [6, 6.07) is -0.373. The monoisotopic (exact) mass is 376 g/mol. The molecular weight excluding hydrogens is 344 g/mol. The molecule has 0 aromatic heterocycles. The van der Waals surface area contributed by atoms with Gasteiger partial charge in [0, 0.05) is 19.5 Å². The molecule has 1 heterocycles. The molecule has 5 rings (SSSR count). The van der Waals surface area contributed by atoms with Crippen molar-refractivity contribution in [3.05, 3.63) is 0 Å². The first-order valence-electron chi connectivity index (χ1n) is 10.7. The fourth-order valence-electron chi connectivity index (χ4n) is 6.72. The van der Waals surface area contributed by atoms with Crippen LogP contribution in [-0.2, 0) is 14.4 Å². The maximum absolute atomic E-state index is 13.6. The predicted molar refractivity (Wildman–Crippen MR) is 99.8 cm³/mol. The van der Waals surface area contributed by atoms with Crippen molar-refractivity contribution in [1.82, 2.24) is 10.2 Å². The van der Waals surface area contributed by atoms with Crippen LogP contribution in [0.5, 0.6) is 0 Å². The van der Waals surface area contributed by atoms with E-state index in [0.29, 0.717) is 30.8 Å². The lowest BCUT2D eigenvalue weighted by Gasteiger charge is -2.56. The molecule has 0 radical (unpaired) electrons. The zero-order valence-corrected chi connectivity index (χ0v) is 16.3. The highest BCUT2D eigenvalue weighted by Gasteiger charge is 2.56. The highest BCUT2D eigenvalue weighted by molar-refractivity contribution is 5.91. The molecule has 6 nitrogen and oxygen atoms in total. The van der Waals surface area contributed by atoms with Gasteiger partial charge in [0.2, 0.25) is 11.8 Å². The van der Waals surface area contributed by atoms with E-state index in [0.717, 1.165) is 32.1 Å². The third-order valence-electron chi connectivity index (χ3n) is 7.46. The second-order valence-corrected chi connectivity index (χ2v) is 9.80. The number of hydrogen-bond acceptors (Lipinski definition) is 3. The Morgan fingerprint density at radius 3 is 2.26 bits per heavy atom. The summed E-state index contributed by atoms with van der Waals surface area (Å²) < 4.78 is 0. The molecule has 150 valence electrons. The van der Waals surface area contributed by atoms with Crippen LogP contribution in [-0.4, -0.2) is 46.9 Å². The standard InChI is InChI=1S/C21H32N2O4/c1-13(5-18(24)25)12-22-19(26)17-3-2-4-23(17)20(27)21-9-14-6-15(10-21)8-16(7-14)11-21/h13-17H,2-12H2,1H3,(H,22,26)(H,24,25). The molecule has 2 atom stereocenters. The SMILES string of the molecule is CC(CNC(=O)C1CCCN1C(=O)C12CC3CC(CC(C3)C1)C2)CC(=O)O. The zero-order chi connectivity index (χ0) is 19.2. The number of hydrogen-bond donors (Lipinski definition) is 2. The molecule has 2 N–H and O–H groups in total. The number of likely N-dealkylation sites (tertiary alicyclic amines) is 1. The Morgan fingerprint density at radius 2 is 1.70 bits per heavy atom. The molecule has 0 aromatic carbocycles. The van der Waals surface area contributed by atoms with Crippen LogP contribution in [0.1, 0.15) is 64.7 Å². The van der Waals surface area contributed by atoms with Gasteiger partial charge in [0.15, 0.2) is 0 Å². The fourth-order valence-corrected chi connectivity index (χ4v) is 6.72. The number of nitrogens with one attached hydrogen (secondary N) is 1. The number of carbonyl (C=O) groups is 3. The molecule has 2 unspecified atom stereocenters. The van der Waals surface area contributed by atoms with E-state index in [9.17, 15) is 14.4 Å². The predicted octanol–water partition coefficient (Wildman–Crippen LogP) is 2.42. The van der Waals surface area contributed by atoms with Crippen LogP contribution in [0.4, 0.5) is 0 Å². The van der Waals surface area contributed by atoms with Crippen molar-refractivity contribution in [1.29, 1.82) is 0 Å². The fraction of sp³-hybridized carbons (Fsp3) is 0.857. The zero-order valence-electron chi connectivity index (χ0n) is 16.3. The number of amides is 2. The van der Waals surface area contributed by atoms with Crippen molar-refractivity contribution < 1.29 is 19.5 Å². The largest absolute Gasteiger partial charge is 0.481 e. The summed E-state index contributed by atoms with van der Waals surface area (Å²) >= 11 is 0. The van der Waals surface area contributed by atoms with Gasteiger partial charge in [-0.15, -0.1) is 0 Å². The molecule has 0 spiro atoms. The van der Waals surface area contributed by atoms with Crippen LogP contribution in [0.15, 0.2) is 0 Å². The minimum Gasteiger partial charge on any atom is -0.481 e. The van der Waals surface area contributed by atoms with Crippen LogP contribution in [0.2, 0.25) is 0 Å². The minimum absolute atomic E-state index is 0.0425. The summed E-state index contributed by atoms with van der Waals surface area (Å²) in [6.07, 6.45) is 8.63. The quantitative estimate of drug-likeness (QED) is 0.745. The molecule has 0 aromatic rings. The lowest BCUT2D eigenvalue weighted by atomic mass is 9.49. The Morgan fingerprint density at radius 1 is 1.11 bits per heavy atom. The average molecular weight is 376 g/mol. The summed E-state index contributed by atoms with van der Waals surface area (Å²) in [5.74, 6) is 1.31. The molecule has 4 aliphatic carbocycles. The number of rotatable bonds is 6. The maximum atomic E-state index is 13.6. The molecule has 5 fully saturated rings. The molecule has 27 heavy (non-hydrogen) atoms. The van der Waals surface area contributed by atoms with Crippen LogP contribution in [0, 0.1) is 29.1 Å². The van der Waals surface area contributed by atoms with Gasteiger partial charge in [-0.3, -0.25) is 14.4 Å². The van der Waals surface area contributed by atoms with Crippen molar-refractivity contribution in [2.45, 2.75) is 70.8 Å². The van der Waals surface area contributed by atoms with Gasteiger partial charge < -0.3 is 15.3 Å². The summed E-state index contributed by atoms with van der Waals surface area (Å²) in [4.78, 5) is 38.9. The van der Waals surface area contributed by atoms with E-state index in [1.165, 1.54) is 19.3 Å². The van der Waals surface area contributed by atoms with Gasteiger partial charge in [0.1, 0.15) is 6.04 Å². The van der Waals surface area contributed by atoms with E-state index < -0.39 is 5.97 Å². The van der Waals surface area contributed by atoms with E-state index in [-0.39, 0.29) is 35.6 Å². The van der Waals surface area contributed by atoms with Crippen LogP contribution in [0.25, 0.3) is 0 Å². The highest BCUT2D eigenvalue weighted by Crippen LogP contribution is 2.60. The number of carboxylic acid groups (broad SMARTS) is 1. The molecular formula is C21H32N2O4. The third-order valence-corrected chi connectivity index (χ3v) is 7.46. The normalized spacial score (nSPS) is 38.0. The molecule has 6 heteroatoms.